The van der Waals surface area contributed by atoms with Crippen molar-refractivity contribution in [2.45, 2.75) is 25.5 Å². The molecule has 1 atom stereocenters. The molecule has 6 nitrogen and oxygen atoms in total. The first-order valence-corrected chi connectivity index (χ1v) is 8.94. The summed E-state index contributed by atoms with van der Waals surface area (Å²) in [7, 11) is 0. The number of ether oxygens (including phenoxy) is 1. The van der Waals surface area contributed by atoms with Crippen LogP contribution in [-0.4, -0.2) is 70.7 Å². The summed E-state index contributed by atoms with van der Waals surface area (Å²) in [6, 6.07) is 4.70. The monoisotopic (exact) mass is 346 g/mol. The highest BCUT2D eigenvalue weighted by atomic mass is 19.1. The standard InChI is InChI=1S/C18H23FN4O2/c19-14-3-4-16-15(12-14)20-13-23(16)10-7-21-5-8-22(9-6-21)18(24)17-2-1-11-25-17/h3-4,12-13,17H,1-2,5-11H2. The molecule has 1 unspecified atom stereocenters. The van der Waals surface area contributed by atoms with Gasteiger partial charge in [-0.3, -0.25) is 9.69 Å². The summed E-state index contributed by atoms with van der Waals surface area (Å²) in [6.45, 7) is 5.67. The molecule has 1 amide bonds. The van der Waals surface area contributed by atoms with E-state index in [1.165, 1.54) is 12.1 Å². The number of nitrogens with zero attached hydrogens (tertiary/aromatic N) is 4. The lowest BCUT2D eigenvalue weighted by Crippen LogP contribution is -2.51. The molecule has 0 aliphatic carbocycles. The second-order valence-corrected chi connectivity index (χ2v) is 6.74. The van der Waals surface area contributed by atoms with E-state index in [1.54, 1.807) is 12.4 Å². The maximum atomic E-state index is 13.2. The van der Waals surface area contributed by atoms with Gasteiger partial charge in [-0.1, -0.05) is 0 Å². The molecule has 2 aliphatic heterocycles. The van der Waals surface area contributed by atoms with Crippen molar-refractivity contribution in [1.82, 2.24) is 19.4 Å². The maximum absolute atomic E-state index is 13.2. The predicted molar refractivity (Wildman–Crippen MR) is 91.7 cm³/mol. The molecule has 0 saturated carbocycles. The molecule has 134 valence electrons. The molecule has 4 rings (SSSR count). The number of hydrogen-bond acceptors (Lipinski definition) is 4. The van der Waals surface area contributed by atoms with Gasteiger partial charge in [-0.25, -0.2) is 9.37 Å². The van der Waals surface area contributed by atoms with E-state index in [2.05, 4.69) is 14.5 Å². The number of hydrogen-bond donors (Lipinski definition) is 0. The van der Waals surface area contributed by atoms with E-state index in [1.807, 2.05) is 4.90 Å². The number of fused-ring (bicyclic) bond motifs is 1. The van der Waals surface area contributed by atoms with E-state index in [4.69, 9.17) is 4.74 Å². The molecule has 7 heteroatoms. The van der Waals surface area contributed by atoms with Gasteiger partial charge in [0, 0.05) is 51.9 Å². The average Bonchev–Trinajstić information content (AvgIpc) is 3.29. The van der Waals surface area contributed by atoms with Crippen LogP contribution in [0.4, 0.5) is 4.39 Å². The molecule has 0 N–H and O–H groups in total. The smallest absolute Gasteiger partial charge is 0.251 e. The molecule has 2 aromatic rings. The second-order valence-electron chi connectivity index (χ2n) is 6.74. The number of rotatable bonds is 4. The fourth-order valence-electron chi connectivity index (χ4n) is 3.63. The summed E-state index contributed by atoms with van der Waals surface area (Å²) in [5.41, 5.74) is 1.64. The molecule has 25 heavy (non-hydrogen) atoms. The minimum atomic E-state index is -0.259. The zero-order valence-corrected chi connectivity index (χ0v) is 14.2. The molecule has 0 radical (unpaired) electrons. The van der Waals surface area contributed by atoms with Crippen molar-refractivity contribution in [3.8, 4) is 0 Å². The fourth-order valence-corrected chi connectivity index (χ4v) is 3.63. The van der Waals surface area contributed by atoms with Crippen LogP contribution in [0.25, 0.3) is 11.0 Å². The van der Waals surface area contributed by atoms with Gasteiger partial charge in [0.1, 0.15) is 11.9 Å². The summed E-state index contributed by atoms with van der Waals surface area (Å²) in [6.07, 6.45) is 3.39. The Hall–Kier alpha value is -1.99. The number of amides is 1. The molecular formula is C18H23FN4O2. The molecule has 2 saturated heterocycles. The number of aromatic nitrogens is 2. The largest absolute Gasteiger partial charge is 0.368 e. The van der Waals surface area contributed by atoms with Crippen molar-refractivity contribution in [1.29, 1.82) is 0 Å². The van der Waals surface area contributed by atoms with Gasteiger partial charge in [0.2, 0.25) is 0 Å². The third-order valence-electron chi connectivity index (χ3n) is 5.13. The van der Waals surface area contributed by atoms with Crippen LogP contribution in [-0.2, 0) is 16.1 Å². The van der Waals surface area contributed by atoms with E-state index < -0.39 is 0 Å². The first kappa shape index (κ1) is 16.5. The second kappa shape index (κ2) is 7.09. The van der Waals surface area contributed by atoms with Crippen LogP contribution in [0.5, 0.6) is 0 Å². The van der Waals surface area contributed by atoms with Gasteiger partial charge in [-0.2, -0.15) is 0 Å². The highest BCUT2D eigenvalue weighted by Crippen LogP contribution is 2.17. The van der Waals surface area contributed by atoms with E-state index in [0.717, 1.165) is 57.6 Å². The lowest BCUT2D eigenvalue weighted by atomic mass is 10.2. The highest BCUT2D eigenvalue weighted by Gasteiger charge is 2.30. The quantitative estimate of drug-likeness (QED) is 0.842. The van der Waals surface area contributed by atoms with Crippen LogP contribution >= 0.6 is 0 Å². The summed E-state index contributed by atoms with van der Waals surface area (Å²) < 4.78 is 20.8. The lowest BCUT2D eigenvalue weighted by Gasteiger charge is -2.35. The van der Waals surface area contributed by atoms with Crippen molar-refractivity contribution in [2.24, 2.45) is 0 Å². The number of carbonyl (C=O) groups excluding carboxylic acids is 1. The third kappa shape index (κ3) is 3.52. The normalized spacial score (nSPS) is 22.0. The average molecular weight is 346 g/mol. The first-order chi connectivity index (χ1) is 12.2. The van der Waals surface area contributed by atoms with Crippen molar-refractivity contribution in [3.63, 3.8) is 0 Å². The Morgan fingerprint density at radius 3 is 2.84 bits per heavy atom. The van der Waals surface area contributed by atoms with Crippen LogP contribution in [0.1, 0.15) is 12.8 Å². The molecule has 2 fully saturated rings. The Morgan fingerprint density at radius 1 is 1.24 bits per heavy atom. The molecular weight excluding hydrogens is 323 g/mol. The summed E-state index contributed by atoms with van der Waals surface area (Å²) >= 11 is 0. The number of benzene rings is 1. The zero-order chi connectivity index (χ0) is 17.2. The Morgan fingerprint density at radius 2 is 2.08 bits per heavy atom. The highest BCUT2D eigenvalue weighted by molar-refractivity contribution is 5.81. The van der Waals surface area contributed by atoms with Gasteiger partial charge < -0.3 is 14.2 Å². The van der Waals surface area contributed by atoms with Crippen LogP contribution in [0.2, 0.25) is 0 Å². The number of imidazole rings is 1. The van der Waals surface area contributed by atoms with Crippen molar-refractivity contribution >= 4 is 16.9 Å². The zero-order valence-electron chi connectivity index (χ0n) is 14.2. The Kier molecular flexibility index (Phi) is 4.67. The van der Waals surface area contributed by atoms with Crippen molar-refractivity contribution in [2.75, 3.05) is 39.3 Å². The van der Waals surface area contributed by atoms with Crippen molar-refractivity contribution in [3.05, 3.63) is 30.3 Å². The molecule has 1 aromatic carbocycles. The van der Waals surface area contributed by atoms with E-state index in [0.29, 0.717) is 12.1 Å². The van der Waals surface area contributed by atoms with Gasteiger partial charge in [-0.05, 0) is 25.0 Å². The van der Waals surface area contributed by atoms with E-state index >= 15 is 0 Å². The van der Waals surface area contributed by atoms with Crippen LogP contribution in [0.15, 0.2) is 24.5 Å². The van der Waals surface area contributed by atoms with Gasteiger partial charge in [-0.15, -0.1) is 0 Å². The van der Waals surface area contributed by atoms with Crippen molar-refractivity contribution < 1.29 is 13.9 Å². The topological polar surface area (TPSA) is 50.6 Å². The third-order valence-corrected chi connectivity index (χ3v) is 5.13. The predicted octanol–water partition coefficient (Wildman–Crippen LogP) is 1.50. The molecule has 2 aliphatic rings. The summed E-state index contributed by atoms with van der Waals surface area (Å²) in [5, 5.41) is 0. The van der Waals surface area contributed by atoms with Gasteiger partial charge in [0.05, 0.1) is 17.4 Å². The minimum Gasteiger partial charge on any atom is -0.368 e. The summed E-state index contributed by atoms with van der Waals surface area (Å²) in [4.78, 5) is 20.9. The maximum Gasteiger partial charge on any atom is 0.251 e. The Bertz CT molecular complexity index is 749. The Balaban J connectivity index is 1.29. The van der Waals surface area contributed by atoms with E-state index in [9.17, 15) is 9.18 Å². The minimum absolute atomic E-state index is 0.153. The van der Waals surface area contributed by atoms with Crippen LogP contribution < -0.4 is 0 Å². The van der Waals surface area contributed by atoms with E-state index in [-0.39, 0.29) is 17.8 Å². The van der Waals surface area contributed by atoms with Gasteiger partial charge >= 0.3 is 0 Å². The van der Waals surface area contributed by atoms with Gasteiger partial charge in [0.15, 0.2) is 0 Å². The molecule has 0 bridgehead atoms. The fraction of sp³-hybridized carbons (Fsp3) is 0.556. The SMILES string of the molecule is O=C(C1CCCO1)N1CCN(CCn2cnc3cc(F)ccc32)CC1. The molecule has 1 aromatic heterocycles. The number of halogens is 1. The van der Waals surface area contributed by atoms with Gasteiger partial charge in [0.25, 0.3) is 5.91 Å². The molecule has 0 spiro atoms. The van der Waals surface area contributed by atoms with Crippen LogP contribution in [0.3, 0.4) is 0 Å². The lowest BCUT2D eigenvalue weighted by molar-refractivity contribution is -0.142. The summed E-state index contributed by atoms with van der Waals surface area (Å²) in [5.74, 6) is -0.107. The first-order valence-electron chi connectivity index (χ1n) is 8.94. The number of carbonyl (C=O) groups is 1. The van der Waals surface area contributed by atoms with Crippen LogP contribution in [0, 0.1) is 5.82 Å². The molecule has 3 heterocycles. The number of piperazine rings is 1. The Labute approximate surface area is 146 Å².